The number of halogens is 1. The van der Waals surface area contributed by atoms with Crippen LogP contribution < -0.4 is 14.8 Å². The minimum Gasteiger partial charge on any atom is -0.487 e. The molecular weight excluding hydrogens is 394 g/mol. The van der Waals surface area contributed by atoms with Gasteiger partial charge in [-0.25, -0.2) is 0 Å². The number of ether oxygens (including phenoxy) is 2. The summed E-state index contributed by atoms with van der Waals surface area (Å²) in [5.41, 5.74) is 1.81. The van der Waals surface area contributed by atoms with Crippen LogP contribution in [0.3, 0.4) is 0 Å². The van der Waals surface area contributed by atoms with E-state index in [1.165, 1.54) is 0 Å². The Morgan fingerprint density at radius 3 is 2.65 bits per heavy atom. The van der Waals surface area contributed by atoms with Crippen molar-refractivity contribution in [1.82, 2.24) is 5.32 Å². The third-order valence-corrected chi connectivity index (χ3v) is 4.97. The Balaban J connectivity index is 1.73. The first kappa shape index (κ1) is 18.8. The van der Waals surface area contributed by atoms with Crippen molar-refractivity contribution in [2.75, 3.05) is 0 Å². The van der Waals surface area contributed by atoms with Gasteiger partial charge in [0.05, 0.1) is 6.04 Å². The molecule has 0 unspecified atom stereocenters. The van der Waals surface area contributed by atoms with Gasteiger partial charge in [0, 0.05) is 16.5 Å². The molecule has 0 saturated carbocycles. The van der Waals surface area contributed by atoms with Crippen LogP contribution in [-0.2, 0) is 4.79 Å². The number of amides is 1. The van der Waals surface area contributed by atoms with E-state index in [1.54, 1.807) is 6.92 Å². The molecule has 0 saturated heterocycles. The van der Waals surface area contributed by atoms with Gasteiger partial charge in [-0.05, 0) is 63.6 Å². The number of hydrogen-bond donors (Lipinski definition) is 1. The SMILES string of the molecule is Cc1ccc2c(c1)OC(C)(C)C[C@@H]2NC(=O)[C@H](C)Oc1ccc(Br)cc1. The summed E-state index contributed by atoms with van der Waals surface area (Å²) in [6, 6.07) is 13.5. The fourth-order valence-electron chi connectivity index (χ4n) is 3.15. The van der Waals surface area contributed by atoms with Gasteiger partial charge in [-0.3, -0.25) is 4.79 Å². The molecular formula is C21H24BrNO3. The van der Waals surface area contributed by atoms with E-state index in [2.05, 4.69) is 21.2 Å². The monoisotopic (exact) mass is 417 g/mol. The molecule has 1 N–H and O–H groups in total. The van der Waals surface area contributed by atoms with Crippen LogP contribution in [-0.4, -0.2) is 17.6 Å². The molecule has 1 heterocycles. The van der Waals surface area contributed by atoms with Crippen molar-refractivity contribution in [3.05, 3.63) is 58.1 Å². The number of carbonyl (C=O) groups excluding carboxylic acids is 1. The van der Waals surface area contributed by atoms with Gasteiger partial charge in [-0.15, -0.1) is 0 Å². The molecule has 0 aromatic heterocycles. The normalized spacial score (nSPS) is 19.0. The second-order valence-electron chi connectivity index (χ2n) is 7.38. The smallest absolute Gasteiger partial charge is 0.261 e. The first-order valence-electron chi connectivity index (χ1n) is 8.76. The Bertz CT molecular complexity index is 801. The summed E-state index contributed by atoms with van der Waals surface area (Å²) in [5, 5.41) is 3.13. The van der Waals surface area contributed by atoms with Crippen LogP contribution in [0, 0.1) is 6.92 Å². The van der Waals surface area contributed by atoms with Crippen molar-refractivity contribution in [2.45, 2.75) is 51.9 Å². The van der Waals surface area contributed by atoms with Gasteiger partial charge in [0.1, 0.15) is 17.1 Å². The van der Waals surface area contributed by atoms with Crippen molar-refractivity contribution >= 4 is 21.8 Å². The van der Waals surface area contributed by atoms with Crippen LogP contribution >= 0.6 is 15.9 Å². The number of rotatable bonds is 4. The second-order valence-corrected chi connectivity index (χ2v) is 8.30. The summed E-state index contributed by atoms with van der Waals surface area (Å²) in [7, 11) is 0. The molecule has 0 bridgehead atoms. The van der Waals surface area contributed by atoms with Crippen LogP contribution in [0.4, 0.5) is 0 Å². The Morgan fingerprint density at radius 2 is 1.96 bits per heavy atom. The second kappa shape index (κ2) is 7.31. The Labute approximate surface area is 163 Å². The lowest BCUT2D eigenvalue weighted by molar-refractivity contribution is -0.128. The number of fused-ring (bicyclic) bond motifs is 1. The topological polar surface area (TPSA) is 47.6 Å². The number of benzene rings is 2. The van der Waals surface area contributed by atoms with Gasteiger partial charge in [0.15, 0.2) is 6.10 Å². The summed E-state index contributed by atoms with van der Waals surface area (Å²) >= 11 is 3.39. The first-order chi connectivity index (χ1) is 12.2. The maximum Gasteiger partial charge on any atom is 0.261 e. The average Bonchev–Trinajstić information content (AvgIpc) is 2.55. The third kappa shape index (κ3) is 4.39. The van der Waals surface area contributed by atoms with Crippen LogP contribution in [0.15, 0.2) is 46.9 Å². The van der Waals surface area contributed by atoms with Gasteiger partial charge in [0.25, 0.3) is 5.91 Å². The van der Waals surface area contributed by atoms with Crippen molar-refractivity contribution in [2.24, 2.45) is 0 Å². The lowest BCUT2D eigenvalue weighted by atomic mass is 9.89. The molecule has 3 rings (SSSR count). The van der Waals surface area contributed by atoms with E-state index in [1.807, 2.05) is 63.2 Å². The Morgan fingerprint density at radius 1 is 1.27 bits per heavy atom. The predicted octanol–water partition coefficient (Wildman–Crippen LogP) is 4.94. The lowest BCUT2D eigenvalue weighted by Crippen LogP contribution is -2.44. The molecule has 0 aliphatic carbocycles. The fourth-order valence-corrected chi connectivity index (χ4v) is 3.41. The maximum atomic E-state index is 12.7. The standard InChI is InChI=1S/C21H24BrNO3/c1-13-5-10-17-18(12-21(3,4)26-19(17)11-13)23-20(24)14(2)25-16-8-6-15(22)7-9-16/h5-11,14,18H,12H2,1-4H3,(H,23,24)/t14-,18-/m0/s1. The zero-order valence-electron chi connectivity index (χ0n) is 15.5. The van der Waals surface area contributed by atoms with Crippen molar-refractivity contribution in [3.8, 4) is 11.5 Å². The predicted molar refractivity (Wildman–Crippen MR) is 106 cm³/mol. The highest BCUT2D eigenvalue weighted by Crippen LogP contribution is 2.39. The largest absolute Gasteiger partial charge is 0.487 e. The number of carbonyl (C=O) groups is 1. The van der Waals surface area contributed by atoms with Crippen molar-refractivity contribution in [3.63, 3.8) is 0 Å². The average molecular weight is 418 g/mol. The molecule has 1 amide bonds. The van der Waals surface area contributed by atoms with Crippen molar-refractivity contribution in [1.29, 1.82) is 0 Å². The molecule has 2 atom stereocenters. The molecule has 2 aromatic rings. The van der Waals surface area contributed by atoms with Crippen LogP contribution in [0.25, 0.3) is 0 Å². The van der Waals surface area contributed by atoms with E-state index in [0.29, 0.717) is 12.2 Å². The van der Waals surface area contributed by atoms with E-state index in [0.717, 1.165) is 21.3 Å². The molecule has 2 aromatic carbocycles. The molecule has 1 aliphatic heterocycles. The minimum atomic E-state index is -0.587. The quantitative estimate of drug-likeness (QED) is 0.765. The summed E-state index contributed by atoms with van der Waals surface area (Å²) < 4.78 is 12.8. The van der Waals surface area contributed by atoms with E-state index in [-0.39, 0.29) is 17.6 Å². The molecule has 138 valence electrons. The fraction of sp³-hybridized carbons (Fsp3) is 0.381. The van der Waals surface area contributed by atoms with E-state index in [9.17, 15) is 4.79 Å². The molecule has 0 fully saturated rings. The van der Waals surface area contributed by atoms with Gasteiger partial charge in [0.2, 0.25) is 0 Å². The Kier molecular flexibility index (Phi) is 5.28. The molecule has 26 heavy (non-hydrogen) atoms. The molecule has 0 spiro atoms. The zero-order valence-corrected chi connectivity index (χ0v) is 17.1. The highest BCUT2D eigenvalue weighted by atomic mass is 79.9. The lowest BCUT2D eigenvalue weighted by Gasteiger charge is -2.38. The van der Waals surface area contributed by atoms with Gasteiger partial charge < -0.3 is 14.8 Å². The highest BCUT2D eigenvalue weighted by molar-refractivity contribution is 9.10. The van der Waals surface area contributed by atoms with Gasteiger partial charge >= 0.3 is 0 Å². The third-order valence-electron chi connectivity index (χ3n) is 4.44. The van der Waals surface area contributed by atoms with E-state index >= 15 is 0 Å². The zero-order chi connectivity index (χ0) is 18.9. The van der Waals surface area contributed by atoms with E-state index < -0.39 is 6.10 Å². The van der Waals surface area contributed by atoms with Crippen LogP contribution in [0.5, 0.6) is 11.5 Å². The summed E-state index contributed by atoms with van der Waals surface area (Å²) in [6.07, 6.45) is 0.121. The number of hydrogen-bond acceptors (Lipinski definition) is 3. The summed E-state index contributed by atoms with van der Waals surface area (Å²) in [5.74, 6) is 1.37. The highest BCUT2D eigenvalue weighted by Gasteiger charge is 2.35. The van der Waals surface area contributed by atoms with Gasteiger partial charge in [-0.1, -0.05) is 28.1 Å². The molecule has 4 nitrogen and oxygen atoms in total. The maximum absolute atomic E-state index is 12.7. The number of nitrogens with one attached hydrogen (secondary N) is 1. The molecule has 0 radical (unpaired) electrons. The van der Waals surface area contributed by atoms with Crippen LogP contribution in [0.1, 0.15) is 44.4 Å². The number of aryl methyl sites for hydroxylation is 1. The molecule has 1 aliphatic rings. The van der Waals surface area contributed by atoms with E-state index in [4.69, 9.17) is 9.47 Å². The minimum absolute atomic E-state index is 0.0992. The van der Waals surface area contributed by atoms with Crippen molar-refractivity contribution < 1.29 is 14.3 Å². The Hall–Kier alpha value is -2.01. The molecule has 5 heteroatoms. The summed E-state index contributed by atoms with van der Waals surface area (Å²) in [6.45, 7) is 7.88. The first-order valence-corrected chi connectivity index (χ1v) is 9.55. The summed E-state index contributed by atoms with van der Waals surface area (Å²) in [4.78, 5) is 12.7. The van der Waals surface area contributed by atoms with Gasteiger partial charge in [-0.2, -0.15) is 0 Å². The van der Waals surface area contributed by atoms with Crippen LogP contribution in [0.2, 0.25) is 0 Å².